The van der Waals surface area contributed by atoms with Crippen molar-refractivity contribution in [3.8, 4) is 0 Å². The third-order valence-corrected chi connectivity index (χ3v) is 1.54. The van der Waals surface area contributed by atoms with E-state index in [2.05, 4.69) is 4.74 Å². The van der Waals surface area contributed by atoms with Crippen LogP contribution in [0.4, 0.5) is 0 Å². The zero-order valence-corrected chi connectivity index (χ0v) is 8.36. The third-order valence-electron chi connectivity index (χ3n) is 1.54. The van der Waals surface area contributed by atoms with Crippen LogP contribution in [0.15, 0.2) is 12.2 Å². The number of aliphatic hydroxyl groups is 1. The van der Waals surface area contributed by atoms with E-state index < -0.39 is 6.61 Å². The first-order valence-corrected chi connectivity index (χ1v) is 4.66. The van der Waals surface area contributed by atoms with Crippen molar-refractivity contribution in [2.75, 3.05) is 13.2 Å². The van der Waals surface area contributed by atoms with Crippen molar-refractivity contribution in [3.63, 3.8) is 0 Å². The summed E-state index contributed by atoms with van der Waals surface area (Å²) in [5.74, 6) is -0.532. The van der Waals surface area contributed by atoms with Crippen LogP contribution in [0.25, 0.3) is 0 Å². The molecule has 0 aliphatic heterocycles. The van der Waals surface area contributed by atoms with Crippen molar-refractivity contribution in [1.29, 1.82) is 0 Å². The molecule has 0 atom stereocenters. The lowest BCUT2D eigenvalue weighted by atomic mass is 10.2. The predicted octanol–water partition coefficient (Wildman–Crippen LogP) is 0.837. The van der Waals surface area contributed by atoms with Crippen LogP contribution in [-0.4, -0.2) is 30.1 Å². The molecule has 0 aromatic rings. The fourth-order valence-corrected chi connectivity index (χ4v) is 0.866. The van der Waals surface area contributed by atoms with Crippen LogP contribution in [0, 0.1) is 0 Å². The lowest BCUT2D eigenvalue weighted by Gasteiger charge is -1.95. The van der Waals surface area contributed by atoms with Crippen LogP contribution in [-0.2, 0) is 14.3 Å². The summed E-state index contributed by atoms with van der Waals surface area (Å²) in [6, 6.07) is 0. The molecule has 4 heteroatoms. The van der Waals surface area contributed by atoms with Crippen molar-refractivity contribution in [3.05, 3.63) is 12.2 Å². The van der Waals surface area contributed by atoms with Crippen LogP contribution in [0.3, 0.4) is 0 Å². The standard InChI is InChI=1S/C10H16O4/c1-2-14-10(13)7-5-3-4-6-9(12)8-11/h5,7,11H,2-4,6,8H2,1H3/b7-5+. The van der Waals surface area contributed by atoms with Crippen molar-refractivity contribution in [1.82, 2.24) is 0 Å². The first-order valence-electron chi connectivity index (χ1n) is 4.66. The van der Waals surface area contributed by atoms with Gasteiger partial charge in [-0.05, 0) is 19.8 Å². The molecule has 0 radical (unpaired) electrons. The Labute approximate surface area is 83.6 Å². The molecule has 14 heavy (non-hydrogen) atoms. The fraction of sp³-hybridized carbons (Fsp3) is 0.600. The second-order valence-corrected chi connectivity index (χ2v) is 2.74. The maximum absolute atomic E-state index is 10.8. The highest BCUT2D eigenvalue weighted by Gasteiger charge is 1.97. The van der Waals surface area contributed by atoms with Crippen LogP contribution in [0.2, 0.25) is 0 Å². The Bertz CT molecular complexity index is 208. The number of aliphatic hydroxyl groups excluding tert-OH is 1. The van der Waals surface area contributed by atoms with Gasteiger partial charge in [0.1, 0.15) is 6.61 Å². The zero-order valence-electron chi connectivity index (χ0n) is 8.36. The number of Topliss-reactive ketones (excluding diaryl/α,β-unsaturated/α-hetero) is 1. The van der Waals surface area contributed by atoms with E-state index in [1.54, 1.807) is 13.0 Å². The van der Waals surface area contributed by atoms with Gasteiger partial charge in [-0.1, -0.05) is 6.08 Å². The number of hydrogen-bond acceptors (Lipinski definition) is 4. The van der Waals surface area contributed by atoms with E-state index in [-0.39, 0.29) is 11.8 Å². The Hall–Kier alpha value is -1.16. The lowest BCUT2D eigenvalue weighted by molar-refractivity contribution is -0.137. The van der Waals surface area contributed by atoms with Crippen molar-refractivity contribution in [2.45, 2.75) is 26.2 Å². The molecule has 0 aliphatic carbocycles. The molecule has 0 aromatic heterocycles. The highest BCUT2D eigenvalue weighted by Crippen LogP contribution is 1.97. The average molecular weight is 200 g/mol. The largest absolute Gasteiger partial charge is 0.463 e. The maximum Gasteiger partial charge on any atom is 0.330 e. The molecule has 0 fully saturated rings. The zero-order chi connectivity index (χ0) is 10.8. The van der Waals surface area contributed by atoms with Gasteiger partial charge in [0, 0.05) is 12.5 Å². The first kappa shape index (κ1) is 12.8. The summed E-state index contributed by atoms with van der Waals surface area (Å²) in [7, 11) is 0. The fourth-order valence-electron chi connectivity index (χ4n) is 0.866. The molecule has 0 heterocycles. The van der Waals surface area contributed by atoms with Crippen LogP contribution < -0.4 is 0 Å². The smallest absolute Gasteiger partial charge is 0.330 e. The second-order valence-electron chi connectivity index (χ2n) is 2.74. The van der Waals surface area contributed by atoms with E-state index in [4.69, 9.17) is 5.11 Å². The Kier molecular flexibility index (Phi) is 7.74. The van der Waals surface area contributed by atoms with Gasteiger partial charge in [-0.3, -0.25) is 4.79 Å². The SMILES string of the molecule is CCOC(=O)/C=C/CCCC(=O)CO. The number of esters is 1. The summed E-state index contributed by atoms with van der Waals surface area (Å²) < 4.78 is 4.66. The van der Waals surface area contributed by atoms with Gasteiger partial charge in [-0.15, -0.1) is 0 Å². The number of carbonyl (C=O) groups is 2. The summed E-state index contributed by atoms with van der Waals surface area (Å²) in [4.78, 5) is 21.4. The monoisotopic (exact) mass is 200 g/mol. The number of allylic oxidation sites excluding steroid dienone is 1. The molecule has 0 amide bonds. The molecule has 0 saturated carbocycles. The van der Waals surface area contributed by atoms with E-state index in [1.807, 2.05) is 0 Å². The number of hydrogen-bond donors (Lipinski definition) is 1. The molecular formula is C10H16O4. The summed E-state index contributed by atoms with van der Waals surface area (Å²) in [5.41, 5.74) is 0. The van der Waals surface area contributed by atoms with Gasteiger partial charge >= 0.3 is 5.97 Å². The Morgan fingerprint density at radius 2 is 2.14 bits per heavy atom. The number of ether oxygens (including phenoxy) is 1. The van der Waals surface area contributed by atoms with Crippen molar-refractivity contribution in [2.24, 2.45) is 0 Å². The van der Waals surface area contributed by atoms with Crippen LogP contribution in [0.1, 0.15) is 26.2 Å². The third kappa shape index (κ3) is 7.49. The van der Waals surface area contributed by atoms with Gasteiger partial charge in [0.25, 0.3) is 0 Å². The quantitative estimate of drug-likeness (QED) is 0.376. The first-order chi connectivity index (χ1) is 6.70. The molecule has 0 rings (SSSR count). The van der Waals surface area contributed by atoms with Gasteiger partial charge in [-0.25, -0.2) is 4.79 Å². The molecule has 0 saturated heterocycles. The van der Waals surface area contributed by atoms with Gasteiger partial charge in [0.15, 0.2) is 5.78 Å². The minimum absolute atomic E-state index is 0.172. The number of ketones is 1. The number of rotatable bonds is 7. The highest BCUT2D eigenvalue weighted by molar-refractivity contribution is 5.81. The summed E-state index contributed by atoms with van der Waals surface area (Å²) in [6.07, 6.45) is 4.67. The van der Waals surface area contributed by atoms with Crippen molar-refractivity contribution < 1.29 is 19.4 Å². The lowest BCUT2D eigenvalue weighted by Crippen LogP contribution is -2.02. The molecule has 0 bridgehead atoms. The topological polar surface area (TPSA) is 63.6 Å². The molecule has 0 aromatic carbocycles. The Morgan fingerprint density at radius 1 is 1.43 bits per heavy atom. The van der Waals surface area contributed by atoms with Gasteiger partial charge in [-0.2, -0.15) is 0 Å². The van der Waals surface area contributed by atoms with Gasteiger partial charge < -0.3 is 9.84 Å². The number of carbonyl (C=O) groups excluding carboxylic acids is 2. The molecule has 0 unspecified atom stereocenters. The molecule has 4 nitrogen and oxygen atoms in total. The molecular weight excluding hydrogens is 184 g/mol. The predicted molar refractivity (Wildman–Crippen MR) is 51.7 cm³/mol. The van der Waals surface area contributed by atoms with Crippen molar-refractivity contribution >= 4 is 11.8 Å². The Morgan fingerprint density at radius 3 is 2.71 bits per heavy atom. The number of unbranched alkanes of at least 4 members (excludes halogenated alkanes) is 1. The minimum atomic E-state index is -0.401. The van der Waals surface area contributed by atoms with Crippen LogP contribution in [0.5, 0.6) is 0 Å². The summed E-state index contributed by atoms with van der Waals surface area (Å²) in [6.45, 7) is 1.71. The maximum atomic E-state index is 10.8. The molecule has 0 aliphatic rings. The van der Waals surface area contributed by atoms with E-state index in [0.29, 0.717) is 25.9 Å². The van der Waals surface area contributed by atoms with E-state index in [9.17, 15) is 9.59 Å². The highest BCUT2D eigenvalue weighted by atomic mass is 16.5. The van der Waals surface area contributed by atoms with E-state index in [0.717, 1.165) is 0 Å². The van der Waals surface area contributed by atoms with Gasteiger partial charge in [0.05, 0.1) is 6.61 Å². The average Bonchev–Trinajstić information content (AvgIpc) is 2.17. The minimum Gasteiger partial charge on any atom is -0.463 e. The van der Waals surface area contributed by atoms with Gasteiger partial charge in [0.2, 0.25) is 0 Å². The van der Waals surface area contributed by atoms with E-state index in [1.165, 1.54) is 6.08 Å². The normalized spacial score (nSPS) is 10.4. The second kappa shape index (κ2) is 8.44. The van der Waals surface area contributed by atoms with Crippen LogP contribution >= 0.6 is 0 Å². The molecule has 80 valence electrons. The molecule has 1 N–H and O–H groups in total. The summed E-state index contributed by atoms with van der Waals surface area (Å²) in [5, 5.41) is 8.41. The van der Waals surface area contributed by atoms with E-state index >= 15 is 0 Å². The Balaban J connectivity index is 3.44. The molecule has 0 spiro atoms. The summed E-state index contributed by atoms with van der Waals surface area (Å²) >= 11 is 0.